The second-order valence-corrected chi connectivity index (χ2v) is 9.47. The Labute approximate surface area is 191 Å². The predicted molar refractivity (Wildman–Crippen MR) is 124 cm³/mol. The molecule has 1 atom stereocenters. The summed E-state index contributed by atoms with van der Waals surface area (Å²) in [7, 11) is 0. The van der Waals surface area contributed by atoms with Crippen LogP contribution in [0.4, 0.5) is 5.69 Å². The number of ether oxygens (including phenoxy) is 1. The van der Waals surface area contributed by atoms with E-state index in [0.717, 1.165) is 35.4 Å². The molecule has 3 aromatic rings. The van der Waals surface area contributed by atoms with E-state index in [2.05, 4.69) is 15.6 Å². The van der Waals surface area contributed by atoms with E-state index in [9.17, 15) is 9.59 Å². The number of benzene rings is 2. The van der Waals surface area contributed by atoms with Gasteiger partial charge in [0.1, 0.15) is 18.0 Å². The van der Waals surface area contributed by atoms with Gasteiger partial charge in [-0.3, -0.25) is 9.59 Å². The molecule has 1 unspecified atom stereocenters. The highest BCUT2D eigenvalue weighted by molar-refractivity contribution is 6.02. The van der Waals surface area contributed by atoms with Gasteiger partial charge in [-0.15, -0.1) is 0 Å². The molecule has 2 amide bonds. The third kappa shape index (κ3) is 3.36. The average Bonchev–Trinajstić information content (AvgIpc) is 3.31. The number of fused-ring (bicyclic) bond motifs is 2. The zero-order valence-electron chi connectivity index (χ0n) is 18.6. The van der Waals surface area contributed by atoms with E-state index in [1.165, 1.54) is 0 Å². The van der Waals surface area contributed by atoms with Gasteiger partial charge in [-0.1, -0.05) is 24.3 Å². The summed E-state index contributed by atoms with van der Waals surface area (Å²) in [5, 5.41) is 6.65. The number of aryl methyl sites for hydroxylation is 1. The van der Waals surface area contributed by atoms with Gasteiger partial charge in [0, 0.05) is 25.2 Å². The number of amides is 2. The van der Waals surface area contributed by atoms with Crippen molar-refractivity contribution in [1.29, 1.82) is 0 Å². The Kier molecular flexibility index (Phi) is 4.48. The Morgan fingerprint density at radius 1 is 1.09 bits per heavy atom. The Balaban J connectivity index is 1.13. The molecule has 8 heteroatoms. The van der Waals surface area contributed by atoms with Crippen LogP contribution in [0.25, 0.3) is 11.0 Å². The molecule has 2 aromatic carbocycles. The van der Waals surface area contributed by atoms with Crippen LogP contribution in [0.15, 0.2) is 48.5 Å². The van der Waals surface area contributed by atoms with Crippen molar-refractivity contribution >= 4 is 28.5 Å². The first-order valence-electron chi connectivity index (χ1n) is 11.5. The molecule has 0 radical (unpaired) electrons. The van der Waals surface area contributed by atoms with Crippen LogP contribution in [0, 0.1) is 6.92 Å². The molecular formula is C25H27N5O3. The predicted octanol–water partition coefficient (Wildman–Crippen LogP) is 2.68. The molecule has 33 heavy (non-hydrogen) atoms. The van der Waals surface area contributed by atoms with E-state index in [1.807, 2.05) is 64.9 Å². The SMILES string of the molecule is Cc1nc2ccccc2n1CC(=O)N1CCC2(CC1)CC1(CO2)NC(=O)c2ccccc2N1. The fraction of sp³-hybridized carbons (Fsp3) is 0.400. The lowest BCUT2D eigenvalue weighted by Crippen LogP contribution is -2.59. The fourth-order valence-electron chi connectivity index (χ4n) is 5.57. The standard InChI is InChI=1S/C25H27N5O3/c1-17-26-20-8-4-5-9-21(20)30(17)14-22(31)29-12-10-24(11-13-29)15-25(16-33-24)27-19-7-3-2-6-18(19)23(32)28-25/h2-9,27H,10-16H2,1H3,(H,28,32). The minimum atomic E-state index is -0.593. The van der Waals surface area contributed by atoms with Crippen molar-refractivity contribution in [3.05, 3.63) is 59.9 Å². The number of hydrogen-bond acceptors (Lipinski definition) is 5. The molecule has 3 aliphatic heterocycles. The third-order valence-electron chi connectivity index (χ3n) is 7.31. The van der Waals surface area contributed by atoms with E-state index < -0.39 is 5.66 Å². The minimum absolute atomic E-state index is 0.0689. The van der Waals surface area contributed by atoms with Crippen molar-refractivity contribution in [1.82, 2.24) is 19.8 Å². The third-order valence-corrected chi connectivity index (χ3v) is 7.31. The largest absolute Gasteiger partial charge is 0.370 e. The number of likely N-dealkylation sites (tertiary alicyclic amines) is 1. The van der Waals surface area contributed by atoms with Gasteiger partial charge < -0.3 is 24.8 Å². The van der Waals surface area contributed by atoms with Crippen molar-refractivity contribution in [2.24, 2.45) is 0 Å². The summed E-state index contributed by atoms with van der Waals surface area (Å²) in [6.45, 7) is 3.93. The van der Waals surface area contributed by atoms with Gasteiger partial charge in [-0.05, 0) is 44.0 Å². The van der Waals surface area contributed by atoms with Gasteiger partial charge in [0.25, 0.3) is 5.91 Å². The van der Waals surface area contributed by atoms with Crippen LogP contribution in [-0.2, 0) is 16.1 Å². The molecule has 1 aromatic heterocycles. The smallest absolute Gasteiger partial charge is 0.255 e. The summed E-state index contributed by atoms with van der Waals surface area (Å²) in [6, 6.07) is 15.5. The van der Waals surface area contributed by atoms with Crippen molar-refractivity contribution in [3.63, 3.8) is 0 Å². The lowest BCUT2D eigenvalue weighted by Gasteiger charge is -2.41. The van der Waals surface area contributed by atoms with Crippen LogP contribution >= 0.6 is 0 Å². The van der Waals surface area contributed by atoms with Gasteiger partial charge >= 0.3 is 0 Å². The molecule has 2 saturated heterocycles. The van der Waals surface area contributed by atoms with Crippen LogP contribution in [0.3, 0.4) is 0 Å². The Hall–Kier alpha value is -3.39. The molecule has 0 aliphatic carbocycles. The van der Waals surface area contributed by atoms with Gasteiger partial charge in [-0.2, -0.15) is 0 Å². The number of rotatable bonds is 2. The van der Waals surface area contributed by atoms with E-state index in [1.54, 1.807) is 0 Å². The van der Waals surface area contributed by atoms with E-state index in [-0.39, 0.29) is 17.4 Å². The van der Waals surface area contributed by atoms with Crippen LogP contribution in [0.1, 0.15) is 35.4 Å². The molecule has 0 saturated carbocycles. The summed E-state index contributed by atoms with van der Waals surface area (Å²) < 4.78 is 8.31. The molecule has 3 aliphatic rings. The number of para-hydroxylation sites is 3. The average molecular weight is 446 g/mol. The highest BCUT2D eigenvalue weighted by Gasteiger charge is 2.53. The lowest BCUT2D eigenvalue weighted by atomic mass is 9.84. The van der Waals surface area contributed by atoms with Crippen LogP contribution in [-0.4, -0.2) is 57.2 Å². The van der Waals surface area contributed by atoms with Crippen molar-refractivity contribution < 1.29 is 14.3 Å². The monoisotopic (exact) mass is 445 g/mol. The first-order chi connectivity index (χ1) is 16.0. The number of nitrogens with one attached hydrogen (secondary N) is 2. The highest BCUT2D eigenvalue weighted by atomic mass is 16.5. The van der Waals surface area contributed by atoms with Gasteiger partial charge in [0.2, 0.25) is 5.91 Å². The number of carbonyl (C=O) groups is 2. The Bertz CT molecular complexity index is 1260. The van der Waals surface area contributed by atoms with Crippen LogP contribution in [0.5, 0.6) is 0 Å². The minimum Gasteiger partial charge on any atom is -0.370 e. The number of carbonyl (C=O) groups excluding carboxylic acids is 2. The quantitative estimate of drug-likeness (QED) is 0.633. The second kappa shape index (κ2) is 7.31. The summed E-state index contributed by atoms with van der Waals surface area (Å²) in [4.78, 5) is 32.3. The van der Waals surface area contributed by atoms with Gasteiger partial charge in [0.05, 0.1) is 28.8 Å². The highest BCUT2D eigenvalue weighted by Crippen LogP contribution is 2.42. The summed E-state index contributed by atoms with van der Waals surface area (Å²) in [5.41, 5.74) is 2.47. The van der Waals surface area contributed by atoms with Crippen molar-refractivity contribution in [2.45, 2.75) is 44.0 Å². The number of aromatic nitrogens is 2. The zero-order chi connectivity index (χ0) is 22.6. The number of piperidine rings is 1. The molecule has 2 N–H and O–H groups in total. The summed E-state index contributed by atoms with van der Waals surface area (Å²) >= 11 is 0. The van der Waals surface area contributed by atoms with Crippen molar-refractivity contribution in [3.8, 4) is 0 Å². The number of hydrogen-bond donors (Lipinski definition) is 2. The van der Waals surface area contributed by atoms with E-state index >= 15 is 0 Å². The first-order valence-corrected chi connectivity index (χ1v) is 11.5. The molecule has 170 valence electrons. The van der Waals surface area contributed by atoms with Gasteiger partial charge in [-0.25, -0.2) is 4.98 Å². The van der Waals surface area contributed by atoms with Crippen LogP contribution in [0.2, 0.25) is 0 Å². The molecule has 2 fully saturated rings. The Morgan fingerprint density at radius 3 is 2.70 bits per heavy atom. The molecule has 8 nitrogen and oxygen atoms in total. The molecule has 0 bridgehead atoms. The molecule has 2 spiro atoms. The van der Waals surface area contributed by atoms with E-state index in [0.29, 0.717) is 38.2 Å². The molecular weight excluding hydrogens is 418 g/mol. The zero-order valence-corrected chi connectivity index (χ0v) is 18.6. The maximum atomic E-state index is 13.1. The number of imidazole rings is 1. The van der Waals surface area contributed by atoms with Gasteiger partial charge in [0.15, 0.2) is 0 Å². The lowest BCUT2D eigenvalue weighted by molar-refractivity contribution is -0.136. The second-order valence-electron chi connectivity index (χ2n) is 9.47. The Morgan fingerprint density at radius 2 is 1.85 bits per heavy atom. The summed E-state index contributed by atoms with van der Waals surface area (Å²) in [5.74, 6) is 0.876. The van der Waals surface area contributed by atoms with Crippen molar-refractivity contribution in [2.75, 3.05) is 25.0 Å². The normalized spacial score (nSPS) is 23.5. The number of anilines is 1. The summed E-state index contributed by atoms with van der Waals surface area (Å²) in [6.07, 6.45) is 2.19. The maximum Gasteiger partial charge on any atom is 0.255 e. The molecule has 6 rings (SSSR count). The molecule has 4 heterocycles. The fourth-order valence-corrected chi connectivity index (χ4v) is 5.57. The number of nitrogens with zero attached hydrogens (tertiary/aromatic N) is 3. The van der Waals surface area contributed by atoms with Crippen LogP contribution < -0.4 is 10.6 Å². The topological polar surface area (TPSA) is 88.5 Å². The van der Waals surface area contributed by atoms with E-state index in [4.69, 9.17) is 4.74 Å². The maximum absolute atomic E-state index is 13.1. The first kappa shape index (κ1) is 20.2.